The number of fused-ring (bicyclic) bond motifs is 1. The Kier molecular flexibility index (Phi) is 4.69. The summed E-state index contributed by atoms with van der Waals surface area (Å²) in [6, 6.07) is 11.8. The molecule has 3 rings (SSSR count). The number of rotatable bonds is 6. The summed E-state index contributed by atoms with van der Waals surface area (Å²) in [4.78, 5) is 11.7. The first-order valence-corrected chi connectivity index (χ1v) is 9.11. The summed E-state index contributed by atoms with van der Waals surface area (Å²) in [7, 11) is -3.77. The van der Waals surface area contributed by atoms with Crippen LogP contribution >= 0.6 is 0 Å². The SMILES string of the molecule is Cc1ccc(S(=O)(=O)OCCOc2ccc3c(c2)CCC3=O)cc1. The molecule has 5 nitrogen and oxygen atoms in total. The van der Waals surface area contributed by atoms with E-state index in [2.05, 4.69) is 0 Å². The number of hydrogen-bond donors (Lipinski definition) is 0. The van der Waals surface area contributed by atoms with E-state index in [0.29, 0.717) is 12.2 Å². The number of benzene rings is 2. The third kappa shape index (κ3) is 3.66. The van der Waals surface area contributed by atoms with Crippen LogP contribution in [0.15, 0.2) is 47.4 Å². The van der Waals surface area contributed by atoms with Gasteiger partial charge in [-0.2, -0.15) is 8.42 Å². The summed E-state index contributed by atoms with van der Waals surface area (Å²) >= 11 is 0. The quantitative estimate of drug-likeness (QED) is 0.594. The normalized spacial score (nSPS) is 13.8. The molecular formula is C18H18O5S. The van der Waals surface area contributed by atoms with E-state index in [0.717, 1.165) is 23.1 Å². The molecule has 2 aromatic carbocycles. The molecule has 0 aliphatic heterocycles. The molecule has 6 heteroatoms. The van der Waals surface area contributed by atoms with Gasteiger partial charge in [0.15, 0.2) is 5.78 Å². The van der Waals surface area contributed by atoms with E-state index in [1.54, 1.807) is 24.3 Å². The van der Waals surface area contributed by atoms with Gasteiger partial charge >= 0.3 is 0 Å². The summed E-state index contributed by atoms with van der Waals surface area (Å²) in [6.07, 6.45) is 1.26. The number of Topliss-reactive ketones (excluding diaryl/α,β-unsaturated/α-hetero) is 1. The Balaban J connectivity index is 1.54. The van der Waals surface area contributed by atoms with Crippen molar-refractivity contribution in [3.05, 3.63) is 59.2 Å². The monoisotopic (exact) mass is 346 g/mol. The number of ether oxygens (including phenoxy) is 1. The molecule has 0 saturated heterocycles. The largest absolute Gasteiger partial charge is 0.491 e. The lowest BCUT2D eigenvalue weighted by molar-refractivity contribution is 0.0994. The first kappa shape index (κ1) is 16.7. The minimum absolute atomic E-state index is 0.0772. The van der Waals surface area contributed by atoms with Crippen molar-refractivity contribution >= 4 is 15.9 Å². The van der Waals surface area contributed by atoms with Crippen LogP contribution < -0.4 is 4.74 Å². The Morgan fingerprint density at radius 1 is 1.00 bits per heavy atom. The van der Waals surface area contributed by atoms with E-state index in [1.165, 1.54) is 12.1 Å². The van der Waals surface area contributed by atoms with Gasteiger partial charge in [-0.25, -0.2) is 0 Å². The Hall–Kier alpha value is -2.18. The fourth-order valence-electron chi connectivity index (χ4n) is 2.60. The average Bonchev–Trinajstić information content (AvgIpc) is 2.93. The standard InChI is InChI=1S/C18H18O5S/c1-13-2-6-16(7-3-13)24(20,21)23-11-10-22-15-5-8-17-14(12-15)4-9-18(17)19/h2-3,5-8,12H,4,9-11H2,1H3. The fraction of sp³-hybridized carbons (Fsp3) is 0.278. The van der Waals surface area contributed by atoms with Gasteiger partial charge < -0.3 is 4.74 Å². The molecule has 1 aliphatic carbocycles. The van der Waals surface area contributed by atoms with Gasteiger partial charge in [-0.15, -0.1) is 0 Å². The molecule has 0 fully saturated rings. The maximum absolute atomic E-state index is 12.0. The van der Waals surface area contributed by atoms with Crippen molar-refractivity contribution in [2.45, 2.75) is 24.7 Å². The zero-order chi connectivity index (χ0) is 17.2. The molecule has 0 N–H and O–H groups in total. The molecular weight excluding hydrogens is 328 g/mol. The van der Waals surface area contributed by atoms with Gasteiger partial charge in [-0.05, 0) is 49.2 Å². The smallest absolute Gasteiger partial charge is 0.297 e. The van der Waals surface area contributed by atoms with Crippen molar-refractivity contribution in [3.63, 3.8) is 0 Å². The Morgan fingerprint density at radius 3 is 2.50 bits per heavy atom. The summed E-state index contributed by atoms with van der Waals surface area (Å²) in [6.45, 7) is 1.92. The molecule has 0 radical (unpaired) electrons. The summed E-state index contributed by atoms with van der Waals surface area (Å²) < 4.78 is 34.6. The van der Waals surface area contributed by atoms with Crippen LogP contribution in [0, 0.1) is 6.92 Å². The van der Waals surface area contributed by atoms with E-state index in [1.807, 2.05) is 13.0 Å². The molecule has 0 aromatic heterocycles. The molecule has 0 unspecified atom stereocenters. The highest BCUT2D eigenvalue weighted by molar-refractivity contribution is 7.86. The molecule has 0 spiro atoms. The molecule has 126 valence electrons. The predicted molar refractivity (Wildman–Crippen MR) is 88.9 cm³/mol. The minimum Gasteiger partial charge on any atom is -0.491 e. The second kappa shape index (κ2) is 6.75. The minimum atomic E-state index is -3.77. The van der Waals surface area contributed by atoms with Crippen LogP contribution in [0.5, 0.6) is 5.75 Å². The topological polar surface area (TPSA) is 69.7 Å². The molecule has 0 heterocycles. The number of carbonyl (C=O) groups excluding carboxylic acids is 1. The van der Waals surface area contributed by atoms with Crippen LogP contribution in [-0.2, 0) is 20.7 Å². The highest BCUT2D eigenvalue weighted by atomic mass is 32.2. The van der Waals surface area contributed by atoms with Crippen molar-refractivity contribution in [2.24, 2.45) is 0 Å². The maximum atomic E-state index is 12.0. The summed E-state index contributed by atoms with van der Waals surface area (Å²) in [5.41, 5.74) is 2.71. The third-order valence-corrected chi connectivity index (χ3v) is 5.23. The van der Waals surface area contributed by atoms with Gasteiger partial charge in [0.25, 0.3) is 10.1 Å². The summed E-state index contributed by atoms with van der Waals surface area (Å²) in [5.74, 6) is 0.767. The summed E-state index contributed by atoms with van der Waals surface area (Å²) in [5, 5.41) is 0. The molecule has 2 aromatic rings. The van der Waals surface area contributed by atoms with Crippen molar-refractivity contribution in [2.75, 3.05) is 13.2 Å². The molecule has 0 atom stereocenters. The average molecular weight is 346 g/mol. The number of carbonyl (C=O) groups is 1. The second-order valence-electron chi connectivity index (χ2n) is 5.68. The van der Waals surface area contributed by atoms with E-state index >= 15 is 0 Å². The molecule has 24 heavy (non-hydrogen) atoms. The molecule has 0 saturated carbocycles. The Labute approximate surface area is 141 Å². The second-order valence-corrected chi connectivity index (χ2v) is 7.30. The highest BCUT2D eigenvalue weighted by Crippen LogP contribution is 2.26. The zero-order valence-electron chi connectivity index (χ0n) is 13.3. The fourth-order valence-corrected chi connectivity index (χ4v) is 3.49. The third-order valence-electron chi connectivity index (χ3n) is 3.90. The van der Waals surface area contributed by atoms with E-state index < -0.39 is 10.1 Å². The van der Waals surface area contributed by atoms with Crippen LogP contribution in [0.4, 0.5) is 0 Å². The lowest BCUT2D eigenvalue weighted by Crippen LogP contribution is -2.13. The van der Waals surface area contributed by atoms with E-state index in [-0.39, 0.29) is 23.9 Å². The number of ketones is 1. The Morgan fingerprint density at radius 2 is 1.75 bits per heavy atom. The zero-order valence-corrected chi connectivity index (χ0v) is 14.1. The lowest BCUT2D eigenvalue weighted by atomic mass is 10.1. The van der Waals surface area contributed by atoms with Gasteiger partial charge in [0.05, 0.1) is 4.90 Å². The van der Waals surface area contributed by atoms with Crippen molar-refractivity contribution in [1.82, 2.24) is 0 Å². The van der Waals surface area contributed by atoms with Crippen molar-refractivity contribution in [1.29, 1.82) is 0 Å². The first-order valence-electron chi connectivity index (χ1n) is 7.71. The van der Waals surface area contributed by atoms with E-state index in [4.69, 9.17) is 8.92 Å². The van der Waals surface area contributed by atoms with Gasteiger partial charge in [0.2, 0.25) is 0 Å². The van der Waals surface area contributed by atoms with Crippen LogP contribution in [0.25, 0.3) is 0 Å². The number of hydrogen-bond acceptors (Lipinski definition) is 5. The van der Waals surface area contributed by atoms with Crippen molar-refractivity contribution in [3.8, 4) is 5.75 Å². The highest BCUT2D eigenvalue weighted by Gasteiger charge is 2.19. The predicted octanol–water partition coefficient (Wildman–Crippen LogP) is 2.91. The molecule has 0 amide bonds. The van der Waals surface area contributed by atoms with Crippen molar-refractivity contribution < 1.29 is 22.1 Å². The van der Waals surface area contributed by atoms with Gasteiger partial charge in [-0.3, -0.25) is 8.98 Å². The maximum Gasteiger partial charge on any atom is 0.297 e. The van der Waals surface area contributed by atoms with Crippen LogP contribution in [0.2, 0.25) is 0 Å². The van der Waals surface area contributed by atoms with Crippen LogP contribution in [-0.4, -0.2) is 27.4 Å². The van der Waals surface area contributed by atoms with Gasteiger partial charge in [0.1, 0.15) is 19.0 Å². The molecule has 1 aliphatic rings. The Bertz CT molecular complexity index is 853. The molecule has 0 bridgehead atoms. The van der Waals surface area contributed by atoms with Crippen LogP contribution in [0.3, 0.4) is 0 Å². The van der Waals surface area contributed by atoms with Gasteiger partial charge in [0, 0.05) is 12.0 Å². The van der Waals surface area contributed by atoms with Crippen LogP contribution in [0.1, 0.15) is 27.9 Å². The first-order chi connectivity index (χ1) is 11.5. The lowest BCUT2D eigenvalue weighted by Gasteiger charge is -2.09. The number of aryl methyl sites for hydroxylation is 2. The van der Waals surface area contributed by atoms with Gasteiger partial charge in [-0.1, -0.05) is 17.7 Å². The van der Waals surface area contributed by atoms with E-state index in [9.17, 15) is 13.2 Å².